The summed E-state index contributed by atoms with van der Waals surface area (Å²) in [6, 6.07) is 7.77. The first-order valence-corrected chi connectivity index (χ1v) is 9.43. The fourth-order valence-electron chi connectivity index (χ4n) is 1.69. The highest BCUT2D eigenvalue weighted by molar-refractivity contribution is 6.88. The van der Waals surface area contributed by atoms with E-state index in [4.69, 9.17) is 5.11 Å². The average Bonchev–Trinajstić information content (AvgIpc) is 2.27. The molecule has 1 aromatic rings. The van der Waals surface area contributed by atoms with Crippen LogP contribution in [0.5, 0.6) is 0 Å². The summed E-state index contributed by atoms with van der Waals surface area (Å²) in [5.41, 5.74) is 0.702. The lowest BCUT2D eigenvalue weighted by Crippen LogP contribution is -2.37. The van der Waals surface area contributed by atoms with Crippen LogP contribution in [0.2, 0.25) is 19.6 Å². The number of hydrogen-bond donors (Lipinski definition) is 3. The Hall–Kier alpha value is -0.683. The summed E-state index contributed by atoms with van der Waals surface area (Å²) in [7, 11) is -1.32. The minimum absolute atomic E-state index is 0.120. The SMILES string of the molecule is C[Si](C)(C)c1ccc(C(O)C(O)CCO)cc1. The van der Waals surface area contributed by atoms with Crippen molar-refractivity contribution in [3.63, 3.8) is 0 Å². The monoisotopic (exact) mass is 254 g/mol. The molecule has 3 nitrogen and oxygen atoms in total. The molecule has 17 heavy (non-hydrogen) atoms. The van der Waals surface area contributed by atoms with Crippen molar-refractivity contribution < 1.29 is 15.3 Å². The second-order valence-electron chi connectivity index (χ2n) is 5.40. The molecule has 0 aliphatic carbocycles. The lowest BCUT2D eigenvalue weighted by Gasteiger charge is -2.20. The van der Waals surface area contributed by atoms with E-state index in [-0.39, 0.29) is 13.0 Å². The molecule has 0 saturated heterocycles. The Bertz CT molecular complexity index is 343. The molecule has 0 bridgehead atoms. The van der Waals surface area contributed by atoms with E-state index in [9.17, 15) is 10.2 Å². The van der Waals surface area contributed by atoms with E-state index >= 15 is 0 Å². The van der Waals surface area contributed by atoms with Gasteiger partial charge in [-0.3, -0.25) is 0 Å². The van der Waals surface area contributed by atoms with Crippen molar-refractivity contribution in [3.8, 4) is 0 Å². The fourth-order valence-corrected chi connectivity index (χ4v) is 2.86. The molecule has 0 radical (unpaired) electrons. The first-order chi connectivity index (χ1) is 7.86. The third-order valence-electron chi connectivity index (χ3n) is 2.91. The smallest absolute Gasteiger partial charge is 0.105 e. The summed E-state index contributed by atoms with van der Waals surface area (Å²) < 4.78 is 0. The topological polar surface area (TPSA) is 60.7 Å². The van der Waals surface area contributed by atoms with Crippen LogP contribution in [0.15, 0.2) is 24.3 Å². The van der Waals surface area contributed by atoms with Gasteiger partial charge >= 0.3 is 0 Å². The molecule has 0 heterocycles. The average molecular weight is 254 g/mol. The van der Waals surface area contributed by atoms with Crippen LogP contribution in [-0.4, -0.2) is 36.1 Å². The summed E-state index contributed by atoms with van der Waals surface area (Å²) in [4.78, 5) is 0. The van der Waals surface area contributed by atoms with Gasteiger partial charge < -0.3 is 15.3 Å². The van der Waals surface area contributed by atoms with Crippen molar-refractivity contribution in [2.75, 3.05) is 6.61 Å². The predicted octanol–water partition coefficient (Wildman–Crippen LogP) is 1.01. The largest absolute Gasteiger partial charge is 0.396 e. The van der Waals surface area contributed by atoms with Crippen LogP contribution in [0.4, 0.5) is 0 Å². The van der Waals surface area contributed by atoms with Gasteiger partial charge in [0.25, 0.3) is 0 Å². The van der Waals surface area contributed by atoms with Crippen molar-refractivity contribution >= 4 is 13.3 Å². The standard InChI is InChI=1S/C13H22O3Si/c1-17(2,3)11-6-4-10(5-7-11)13(16)12(15)8-9-14/h4-7,12-16H,8-9H2,1-3H3. The van der Waals surface area contributed by atoms with Gasteiger partial charge in [0.15, 0.2) is 0 Å². The zero-order chi connectivity index (χ0) is 13.1. The number of aliphatic hydroxyl groups is 3. The van der Waals surface area contributed by atoms with E-state index in [0.29, 0.717) is 5.56 Å². The minimum atomic E-state index is -1.32. The highest BCUT2D eigenvalue weighted by Crippen LogP contribution is 2.18. The Labute approximate surface area is 104 Å². The van der Waals surface area contributed by atoms with Gasteiger partial charge in [0.05, 0.1) is 14.2 Å². The Morgan fingerprint density at radius 1 is 1.06 bits per heavy atom. The number of aliphatic hydroxyl groups excluding tert-OH is 3. The third-order valence-corrected chi connectivity index (χ3v) is 4.97. The molecule has 96 valence electrons. The molecule has 0 aliphatic heterocycles. The highest BCUT2D eigenvalue weighted by Gasteiger charge is 2.20. The van der Waals surface area contributed by atoms with Crippen LogP contribution in [-0.2, 0) is 0 Å². The van der Waals surface area contributed by atoms with E-state index < -0.39 is 20.3 Å². The lowest BCUT2D eigenvalue weighted by atomic mass is 10.0. The molecule has 0 aromatic heterocycles. The summed E-state index contributed by atoms with van der Waals surface area (Å²) >= 11 is 0. The van der Waals surface area contributed by atoms with Gasteiger partial charge in [-0.25, -0.2) is 0 Å². The zero-order valence-corrected chi connectivity index (χ0v) is 11.7. The maximum absolute atomic E-state index is 9.86. The van der Waals surface area contributed by atoms with Crippen LogP contribution in [0.25, 0.3) is 0 Å². The molecule has 0 saturated carbocycles. The van der Waals surface area contributed by atoms with Crippen molar-refractivity contribution in [2.45, 2.75) is 38.3 Å². The maximum Gasteiger partial charge on any atom is 0.105 e. The van der Waals surface area contributed by atoms with Crippen molar-refractivity contribution in [1.82, 2.24) is 0 Å². The van der Waals surface area contributed by atoms with E-state index in [0.717, 1.165) is 0 Å². The van der Waals surface area contributed by atoms with Gasteiger partial charge in [-0.05, 0) is 12.0 Å². The molecule has 0 spiro atoms. The van der Waals surface area contributed by atoms with Crippen LogP contribution < -0.4 is 5.19 Å². The zero-order valence-electron chi connectivity index (χ0n) is 10.7. The summed E-state index contributed by atoms with van der Waals surface area (Å²) in [5, 5.41) is 29.5. The van der Waals surface area contributed by atoms with Gasteiger partial charge in [-0.15, -0.1) is 0 Å². The molecule has 0 fully saturated rings. The molecule has 0 amide bonds. The molecule has 1 rings (SSSR count). The molecule has 0 aliphatic rings. The number of benzene rings is 1. The second kappa shape index (κ2) is 5.77. The van der Waals surface area contributed by atoms with Crippen LogP contribution in [0, 0.1) is 0 Å². The minimum Gasteiger partial charge on any atom is -0.396 e. The fraction of sp³-hybridized carbons (Fsp3) is 0.538. The first-order valence-electron chi connectivity index (χ1n) is 5.93. The predicted molar refractivity (Wildman–Crippen MR) is 72.1 cm³/mol. The van der Waals surface area contributed by atoms with Gasteiger partial charge in [-0.1, -0.05) is 49.1 Å². The lowest BCUT2D eigenvalue weighted by molar-refractivity contribution is 0.00423. The first kappa shape index (κ1) is 14.4. The molecule has 2 unspecified atom stereocenters. The molecule has 4 heteroatoms. The Morgan fingerprint density at radius 3 is 2.00 bits per heavy atom. The highest BCUT2D eigenvalue weighted by atomic mass is 28.3. The van der Waals surface area contributed by atoms with Crippen molar-refractivity contribution in [1.29, 1.82) is 0 Å². The summed E-state index contributed by atoms with van der Waals surface area (Å²) in [5.74, 6) is 0. The second-order valence-corrected chi connectivity index (χ2v) is 10.5. The third kappa shape index (κ3) is 3.92. The maximum atomic E-state index is 9.86. The van der Waals surface area contributed by atoms with Gasteiger partial charge in [0.2, 0.25) is 0 Å². The van der Waals surface area contributed by atoms with Gasteiger partial charge in [0.1, 0.15) is 6.10 Å². The summed E-state index contributed by atoms with van der Waals surface area (Å²) in [6.07, 6.45) is -1.63. The van der Waals surface area contributed by atoms with Crippen molar-refractivity contribution in [2.24, 2.45) is 0 Å². The Balaban J connectivity index is 2.80. The van der Waals surface area contributed by atoms with E-state index in [1.807, 2.05) is 24.3 Å². The van der Waals surface area contributed by atoms with Crippen LogP contribution >= 0.6 is 0 Å². The molecule has 3 N–H and O–H groups in total. The van der Waals surface area contributed by atoms with Crippen LogP contribution in [0.3, 0.4) is 0 Å². The summed E-state index contributed by atoms with van der Waals surface area (Å²) in [6.45, 7) is 6.67. The molecular weight excluding hydrogens is 232 g/mol. The molecule has 1 aromatic carbocycles. The normalized spacial score (nSPS) is 15.6. The number of rotatable bonds is 5. The molecular formula is C13H22O3Si. The Morgan fingerprint density at radius 2 is 1.59 bits per heavy atom. The van der Waals surface area contributed by atoms with Crippen molar-refractivity contribution in [3.05, 3.63) is 29.8 Å². The van der Waals surface area contributed by atoms with Gasteiger partial charge in [0, 0.05) is 6.61 Å². The van der Waals surface area contributed by atoms with E-state index in [1.165, 1.54) is 5.19 Å². The molecule has 2 atom stereocenters. The quantitative estimate of drug-likeness (QED) is 0.687. The Kier molecular flexibility index (Phi) is 4.88. The van der Waals surface area contributed by atoms with E-state index in [1.54, 1.807) is 0 Å². The number of hydrogen-bond acceptors (Lipinski definition) is 3. The van der Waals surface area contributed by atoms with Crippen LogP contribution in [0.1, 0.15) is 18.1 Å². The van der Waals surface area contributed by atoms with Gasteiger partial charge in [-0.2, -0.15) is 0 Å². The van der Waals surface area contributed by atoms with E-state index in [2.05, 4.69) is 19.6 Å².